The zero-order valence-electron chi connectivity index (χ0n) is 27.2. The molecule has 0 bridgehead atoms. The molecule has 3 aromatic carbocycles. The van der Waals surface area contributed by atoms with Crippen LogP contribution in [0.3, 0.4) is 0 Å². The largest absolute Gasteiger partial charge is 0.391 e. The summed E-state index contributed by atoms with van der Waals surface area (Å²) in [7, 11) is 0. The Balaban J connectivity index is 1.34. The van der Waals surface area contributed by atoms with E-state index in [0.29, 0.717) is 16.6 Å². The number of carbonyl (C=O) groups excluding carboxylic acids is 4. The van der Waals surface area contributed by atoms with Gasteiger partial charge in [0.2, 0.25) is 11.8 Å². The average Bonchev–Trinajstić information content (AvgIpc) is 3.08. The van der Waals surface area contributed by atoms with Crippen molar-refractivity contribution < 1.29 is 24.3 Å². The van der Waals surface area contributed by atoms with E-state index in [1.807, 2.05) is 48.5 Å². The van der Waals surface area contributed by atoms with Crippen molar-refractivity contribution in [2.45, 2.75) is 82.0 Å². The molecule has 0 radical (unpaired) electrons. The Kier molecular flexibility index (Phi) is 11.2. The Morgan fingerprint density at radius 2 is 1.50 bits per heavy atom. The number of para-hydroxylation sites is 1. The van der Waals surface area contributed by atoms with Crippen LogP contribution in [0.15, 0.2) is 91.0 Å². The number of rotatable bonds is 13. The van der Waals surface area contributed by atoms with E-state index in [4.69, 9.17) is 5.73 Å². The summed E-state index contributed by atoms with van der Waals surface area (Å²) in [5.41, 5.74) is 7.84. The number of primary amides is 1. The van der Waals surface area contributed by atoms with Gasteiger partial charge in [0.1, 0.15) is 11.7 Å². The first-order valence-electron chi connectivity index (χ1n) is 16.5. The van der Waals surface area contributed by atoms with Crippen LogP contribution in [-0.4, -0.2) is 57.4 Å². The summed E-state index contributed by atoms with van der Waals surface area (Å²) in [6.45, 7) is 2.07. The maximum atomic E-state index is 13.7. The highest BCUT2D eigenvalue weighted by atomic mass is 16.3. The lowest BCUT2D eigenvalue weighted by molar-refractivity contribution is -0.128. The number of nitrogens with one attached hydrogen (secondary N) is 3. The first-order valence-corrected chi connectivity index (χ1v) is 16.5. The minimum Gasteiger partial charge on any atom is -0.391 e. The van der Waals surface area contributed by atoms with E-state index in [0.717, 1.165) is 43.1 Å². The maximum Gasteiger partial charge on any atom is 0.270 e. The number of aromatic nitrogens is 1. The Morgan fingerprint density at radius 3 is 2.25 bits per heavy atom. The molecule has 0 spiro atoms. The SMILES string of the molecule is CC1(NC(=O)c2ccccc2C[C@@H](O)[C@H](Cc2ccccc2)NC(=O)[C@H](CC(N)=O)NC(=O)c2ccc3ccccc3n2)CCCCC1. The molecule has 3 atom stereocenters. The fourth-order valence-corrected chi connectivity index (χ4v) is 6.36. The molecule has 0 unspecified atom stereocenters. The number of aliphatic hydroxyl groups excluding tert-OH is 1. The maximum absolute atomic E-state index is 13.7. The number of benzene rings is 3. The average molecular weight is 650 g/mol. The van der Waals surface area contributed by atoms with Gasteiger partial charge in [-0.15, -0.1) is 0 Å². The molecule has 0 aliphatic heterocycles. The number of aliphatic hydroxyl groups is 1. The molecule has 6 N–H and O–H groups in total. The molecule has 5 rings (SSSR count). The van der Waals surface area contributed by atoms with E-state index in [9.17, 15) is 24.3 Å². The van der Waals surface area contributed by atoms with Crippen molar-refractivity contribution in [1.82, 2.24) is 20.9 Å². The highest BCUT2D eigenvalue weighted by molar-refractivity contribution is 5.99. The van der Waals surface area contributed by atoms with Crippen LogP contribution in [-0.2, 0) is 22.4 Å². The third-order valence-corrected chi connectivity index (χ3v) is 9.01. The lowest BCUT2D eigenvalue weighted by Crippen LogP contribution is -2.54. The third kappa shape index (κ3) is 9.04. The molecular formula is C38H43N5O5. The lowest BCUT2D eigenvalue weighted by Gasteiger charge is -2.35. The molecule has 1 heterocycles. The van der Waals surface area contributed by atoms with Crippen molar-refractivity contribution in [2.75, 3.05) is 0 Å². The first-order chi connectivity index (χ1) is 23.1. The van der Waals surface area contributed by atoms with Gasteiger partial charge in [-0.2, -0.15) is 0 Å². The van der Waals surface area contributed by atoms with Crippen LogP contribution in [0.25, 0.3) is 10.9 Å². The standard InChI is InChI=1S/C38H43N5O5/c1-38(20-10-3-11-21-38)43-35(46)28-16-8-6-15-27(28)23-33(44)31(22-25-12-4-2-5-13-25)41-37(48)32(24-34(39)45)42-36(47)30-19-18-26-14-7-9-17-29(26)40-30/h2,4-9,12-19,31-33,44H,3,10-11,20-24H2,1H3,(H2,39,45)(H,41,48)(H,42,47)(H,43,46)/t31-,32-,33+/m0/s1. The second-order valence-corrected chi connectivity index (χ2v) is 12.9. The lowest BCUT2D eigenvalue weighted by atomic mass is 9.83. The van der Waals surface area contributed by atoms with Crippen LogP contribution in [0, 0.1) is 0 Å². The van der Waals surface area contributed by atoms with E-state index in [-0.39, 0.29) is 30.0 Å². The number of hydrogen-bond donors (Lipinski definition) is 5. The highest BCUT2D eigenvalue weighted by Crippen LogP contribution is 2.28. The summed E-state index contributed by atoms with van der Waals surface area (Å²) in [5, 5.41) is 21.2. The molecule has 48 heavy (non-hydrogen) atoms. The van der Waals surface area contributed by atoms with Crippen LogP contribution >= 0.6 is 0 Å². The topological polar surface area (TPSA) is 164 Å². The van der Waals surface area contributed by atoms with Crippen molar-refractivity contribution in [3.63, 3.8) is 0 Å². The molecule has 4 amide bonds. The van der Waals surface area contributed by atoms with E-state index >= 15 is 0 Å². The second-order valence-electron chi connectivity index (χ2n) is 12.9. The molecule has 1 aliphatic rings. The van der Waals surface area contributed by atoms with E-state index < -0.39 is 42.3 Å². The number of hydrogen-bond acceptors (Lipinski definition) is 6. The van der Waals surface area contributed by atoms with E-state index in [1.165, 1.54) is 0 Å². The summed E-state index contributed by atoms with van der Waals surface area (Å²) in [6.07, 6.45) is 3.86. The Hall–Kier alpha value is -5.09. The Morgan fingerprint density at radius 1 is 0.812 bits per heavy atom. The van der Waals surface area contributed by atoms with Gasteiger partial charge < -0.3 is 26.8 Å². The van der Waals surface area contributed by atoms with Gasteiger partial charge in [0.25, 0.3) is 11.8 Å². The fraction of sp³-hybridized carbons (Fsp3) is 0.342. The van der Waals surface area contributed by atoms with E-state index in [1.54, 1.807) is 42.5 Å². The monoisotopic (exact) mass is 649 g/mol. The molecule has 0 saturated heterocycles. The third-order valence-electron chi connectivity index (χ3n) is 9.01. The predicted molar refractivity (Wildman–Crippen MR) is 184 cm³/mol. The van der Waals surface area contributed by atoms with Crippen molar-refractivity contribution in [1.29, 1.82) is 0 Å². The summed E-state index contributed by atoms with van der Waals surface area (Å²) >= 11 is 0. The number of pyridine rings is 1. The van der Waals surface area contributed by atoms with Crippen molar-refractivity contribution >= 4 is 34.5 Å². The summed E-state index contributed by atoms with van der Waals surface area (Å²) in [4.78, 5) is 56.8. The molecule has 10 nitrogen and oxygen atoms in total. The van der Waals surface area contributed by atoms with Gasteiger partial charge in [-0.25, -0.2) is 4.98 Å². The van der Waals surface area contributed by atoms with Crippen LogP contribution < -0.4 is 21.7 Å². The summed E-state index contributed by atoms with van der Waals surface area (Å²) < 4.78 is 0. The molecule has 10 heteroatoms. The van der Waals surface area contributed by atoms with Gasteiger partial charge in [0.15, 0.2) is 0 Å². The van der Waals surface area contributed by atoms with Gasteiger partial charge in [-0.1, -0.05) is 92.1 Å². The minimum absolute atomic E-state index is 0.0753. The second kappa shape index (κ2) is 15.7. The zero-order chi connectivity index (χ0) is 34.1. The number of nitrogens with zero attached hydrogens (tertiary/aromatic N) is 1. The van der Waals surface area contributed by atoms with Gasteiger partial charge in [0, 0.05) is 22.9 Å². The van der Waals surface area contributed by atoms with Crippen molar-refractivity contribution in [3.8, 4) is 0 Å². The predicted octanol–water partition coefficient (Wildman–Crippen LogP) is 3.99. The molecule has 4 aromatic rings. The number of fused-ring (bicyclic) bond motifs is 1. The molecule has 1 aromatic heterocycles. The fourth-order valence-electron chi connectivity index (χ4n) is 6.36. The minimum atomic E-state index is -1.32. The first kappa shape index (κ1) is 34.3. The molecular weight excluding hydrogens is 606 g/mol. The number of carbonyl (C=O) groups is 4. The van der Waals surface area contributed by atoms with E-state index in [2.05, 4.69) is 27.9 Å². The van der Waals surface area contributed by atoms with Gasteiger partial charge >= 0.3 is 0 Å². The quantitative estimate of drug-likeness (QED) is 0.147. The van der Waals surface area contributed by atoms with Crippen molar-refractivity contribution in [3.05, 3.63) is 113 Å². The highest BCUT2D eigenvalue weighted by Gasteiger charge is 2.32. The molecule has 1 fully saturated rings. The summed E-state index contributed by atoms with van der Waals surface area (Å²) in [5.74, 6) is -2.31. The van der Waals surface area contributed by atoms with Gasteiger partial charge in [0.05, 0.1) is 24.1 Å². The number of nitrogens with two attached hydrogens (primary N) is 1. The summed E-state index contributed by atoms with van der Waals surface area (Å²) in [6, 6.07) is 24.9. The van der Waals surface area contributed by atoms with Crippen molar-refractivity contribution in [2.24, 2.45) is 5.73 Å². The normalized spacial score (nSPS) is 15.9. The molecule has 1 aliphatic carbocycles. The van der Waals surface area contributed by atoms with Crippen LogP contribution in [0.2, 0.25) is 0 Å². The molecule has 1 saturated carbocycles. The number of amides is 4. The smallest absolute Gasteiger partial charge is 0.270 e. The van der Waals surface area contributed by atoms with Gasteiger partial charge in [-0.05, 0) is 55.5 Å². The Labute approximate surface area is 280 Å². The Bertz CT molecular complexity index is 1750. The zero-order valence-corrected chi connectivity index (χ0v) is 27.2. The molecule has 250 valence electrons. The van der Waals surface area contributed by atoms with Crippen LogP contribution in [0.1, 0.15) is 77.4 Å². The van der Waals surface area contributed by atoms with Crippen LogP contribution in [0.5, 0.6) is 0 Å². The van der Waals surface area contributed by atoms with Crippen LogP contribution in [0.4, 0.5) is 0 Å². The van der Waals surface area contributed by atoms with Gasteiger partial charge in [-0.3, -0.25) is 19.2 Å².